The third kappa shape index (κ3) is 57.4. The smallest absolute Gasteiger partial charge is 0.306 e. The van der Waals surface area contributed by atoms with Gasteiger partial charge < -0.3 is 14.2 Å². The highest BCUT2D eigenvalue weighted by Crippen LogP contribution is 2.14. The van der Waals surface area contributed by atoms with Gasteiger partial charge in [0.1, 0.15) is 6.61 Å². The zero-order chi connectivity index (χ0) is 50.6. The van der Waals surface area contributed by atoms with Gasteiger partial charge in [0.15, 0.2) is 6.10 Å². The molecule has 0 saturated carbocycles. The minimum Gasteiger partial charge on any atom is -0.462 e. The van der Waals surface area contributed by atoms with Crippen molar-refractivity contribution < 1.29 is 23.8 Å². The predicted octanol–water partition coefficient (Wildman–Crippen LogP) is 20.6. The van der Waals surface area contributed by atoms with Crippen molar-refractivity contribution in [2.24, 2.45) is 0 Å². The Balaban J connectivity index is 4.40. The molecule has 0 rings (SSSR count). The second-order valence-electron chi connectivity index (χ2n) is 19.5. The summed E-state index contributed by atoms with van der Waals surface area (Å²) in [5.41, 5.74) is 0. The number of allylic oxidation sites excluding steroid dienone is 16. The van der Waals surface area contributed by atoms with Gasteiger partial charge in [-0.3, -0.25) is 9.59 Å². The molecular weight excluding hydrogens is 861 g/mol. The number of hydrogen-bond donors (Lipinski definition) is 0. The molecular formula is C65H112O5. The highest BCUT2D eigenvalue weighted by Gasteiger charge is 2.17. The Morgan fingerprint density at radius 2 is 0.671 bits per heavy atom. The summed E-state index contributed by atoms with van der Waals surface area (Å²) in [4.78, 5) is 25.5. The monoisotopic (exact) mass is 973 g/mol. The Morgan fingerprint density at radius 1 is 0.329 bits per heavy atom. The number of ether oxygens (including phenoxy) is 3. The molecule has 0 N–H and O–H groups in total. The number of carbonyl (C=O) groups excluding carboxylic acids is 2. The van der Waals surface area contributed by atoms with Gasteiger partial charge in [-0.15, -0.1) is 0 Å². The molecule has 0 spiro atoms. The first-order valence-corrected chi connectivity index (χ1v) is 29.8. The normalized spacial score (nSPS) is 12.9. The van der Waals surface area contributed by atoms with Crippen LogP contribution in [0.4, 0.5) is 0 Å². The van der Waals surface area contributed by atoms with E-state index < -0.39 is 6.10 Å². The molecule has 0 fully saturated rings. The molecule has 0 aliphatic carbocycles. The van der Waals surface area contributed by atoms with Gasteiger partial charge in [0.2, 0.25) is 0 Å². The summed E-state index contributed by atoms with van der Waals surface area (Å²) in [6.07, 6.45) is 81.6. The predicted molar refractivity (Wildman–Crippen MR) is 306 cm³/mol. The summed E-state index contributed by atoms with van der Waals surface area (Å²) in [7, 11) is 0. The van der Waals surface area contributed by atoms with Crippen LogP contribution in [0.5, 0.6) is 0 Å². The Bertz CT molecular complexity index is 1330. The highest BCUT2D eigenvalue weighted by molar-refractivity contribution is 5.70. The molecule has 5 nitrogen and oxygen atoms in total. The number of carbonyl (C=O) groups is 2. The van der Waals surface area contributed by atoms with Gasteiger partial charge >= 0.3 is 11.9 Å². The lowest BCUT2D eigenvalue weighted by atomic mass is 10.1. The van der Waals surface area contributed by atoms with Crippen molar-refractivity contribution in [2.45, 2.75) is 284 Å². The number of esters is 2. The SMILES string of the molecule is CC/C=C\C/C=C\C/C=C\C/C=C\C/C=C\C/C=C\CCC(=O)OCC(COCCCCCCCCCC/C=C\CCCCCCCC)OC(=O)CCCCCCCCC/C=C\CCCCCCCC. The fourth-order valence-corrected chi connectivity index (χ4v) is 8.17. The lowest BCUT2D eigenvalue weighted by molar-refractivity contribution is -0.162. The lowest BCUT2D eigenvalue weighted by Gasteiger charge is -2.18. The lowest BCUT2D eigenvalue weighted by Crippen LogP contribution is -2.30. The molecule has 0 aromatic rings. The van der Waals surface area contributed by atoms with Crippen LogP contribution in [-0.2, 0) is 23.8 Å². The van der Waals surface area contributed by atoms with Crippen molar-refractivity contribution >= 4 is 11.9 Å². The van der Waals surface area contributed by atoms with Crippen molar-refractivity contribution in [3.05, 3.63) is 97.2 Å². The number of unbranched alkanes of at least 4 members (excludes halogenated alkanes) is 27. The van der Waals surface area contributed by atoms with E-state index in [1.54, 1.807) is 0 Å². The van der Waals surface area contributed by atoms with Crippen LogP contribution in [0.15, 0.2) is 97.2 Å². The maximum Gasteiger partial charge on any atom is 0.306 e. The molecule has 0 bridgehead atoms. The second kappa shape index (κ2) is 60.1. The molecule has 0 saturated heterocycles. The van der Waals surface area contributed by atoms with Crippen LogP contribution >= 0.6 is 0 Å². The third-order valence-corrected chi connectivity index (χ3v) is 12.6. The van der Waals surface area contributed by atoms with Crippen molar-refractivity contribution in [3.8, 4) is 0 Å². The largest absolute Gasteiger partial charge is 0.462 e. The summed E-state index contributed by atoms with van der Waals surface area (Å²) in [6.45, 7) is 7.64. The third-order valence-electron chi connectivity index (χ3n) is 12.6. The fraction of sp³-hybridized carbons (Fsp3) is 0.723. The van der Waals surface area contributed by atoms with Crippen LogP contribution in [0.25, 0.3) is 0 Å². The number of rotatable bonds is 54. The van der Waals surface area contributed by atoms with E-state index in [9.17, 15) is 9.59 Å². The average Bonchev–Trinajstić information content (AvgIpc) is 3.36. The molecule has 0 radical (unpaired) electrons. The Kier molecular flexibility index (Phi) is 57.4. The van der Waals surface area contributed by atoms with E-state index >= 15 is 0 Å². The minimum absolute atomic E-state index is 0.0392. The molecule has 1 atom stereocenters. The van der Waals surface area contributed by atoms with Crippen molar-refractivity contribution in [3.63, 3.8) is 0 Å². The van der Waals surface area contributed by atoms with E-state index in [2.05, 4.69) is 112 Å². The van der Waals surface area contributed by atoms with Crippen LogP contribution in [-0.4, -0.2) is 37.9 Å². The molecule has 0 aromatic carbocycles. The molecule has 5 heteroatoms. The Morgan fingerprint density at radius 3 is 1.09 bits per heavy atom. The first-order valence-electron chi connectivity index (χ1n) is 29.8. The molecule has 0 heterocycles. The molecule has 1 unspecified atom stereocenters. The van der Waals surface area contributed by atoms with Crippen LogP contribution in [0.1, 0.15) is 278 Å². The summed E-state index contributed by atoms with van der Waals surface area (Å²) >= 11 is 0. The molecule has 402 valence electrons. The first kappa shape index (κ1) is 66.8. The Labute approximate surface area is 434 Å². The molecule has 0 amide bonds. The topological polar surface area (TPSA) is 61.8 Å². The van der Waals surface area contributed by atoms with Crippen molar-refractivity contribution in [1.29, 1.82) is 0 Å². The van der Waals surface area contributed by atoms with Gasteiger partial charge in [0.25, 0.3) is 0 Å². The van der Waals surface area contributed by atoms with E-state index in [-0.39, 0.29) is 25.2 Å². The maximum absolute atomic E-state index is 12.9. The zero-order valence-electron chi connectivity index (χ0n) is 46.3. The fourth-order valence-electron chi connectivity index (χ4n) is 8.17. The minimum atomic E-state index is -0.576. The van der Waals surface area contributed by atoms with E-state index in [1.807, 2.05) is 6.08 Å². The van der Waals surface area contributed by atoms with Crippen LogP contribution < -0.4 is 0 Å². The first-order chi connectivity index (χ1) is 34.6. The van der Waals surface area contributed by atoms with Crippen LogP contribution in [0, 0.1) is 0 Å². The van der Waals surface area contributed by atoms with Gasteiger partial charge in [0, 0.05) is 19.4 Å². The van der Waals surface area contributed by atoms with Gasteiger partial charge in [-0.1, -0.05) is 253 Å². The molecule has 70 heavy (non-hydrogen) atoms. The highest BCUT2D eigenvalue weighted by atomic mass is 16.6. The maximum atomic E-state index is 12.9. The van der Waals surface area contributed by atoms with E-state index in [0.717, 1.165) is 70.6 Å². The molecule has 0 aromatic heterocycles. The Hall–Kier alpha value is -3.18. The second-order valence-corrected chi connectivity index (χ2v) is 19.5. The van der Waals surface area contributed by atoms with Gasteiger partial charge in [0.05, 0.1) is 6.61 Å². The standard InChI is InChI=1S/C65H112O5/c1-4-7-10-13-16-19-22-25-28-31-33-35-37-40-43-46-49-52-55-58-64(66)69-62-63(61-68-60-57-54-51-48-45-42-39-36-32-29-26-23-20-17-14-11-8-5-2)70-65(67)59-56-53-50-47-44-41-38-34-30-27-24-21-18-15-12-9-6-3/h7,10,16,19,25-30,33,35,40,43,49,52,63H,4-6,8-9,11-15,17-18,20-24,31-32,34,36-39,41-42,44-48,50-51,53-62H2,1-3H3/b10-7-,19-16-,28-25-,29-26-,30-27-,35-33-,43-40-,52-49-. The molecule has 0 aliphatic heterocycles. The summed E-state index contributed by atoms with van der Waals surface area (Å²) < 4.78 is 17.4. The quantitative estimate of drug-likeness (QED) is 0.0345. The van der Waals surface area contributed by atoms with E-state index in [1.165, 1.54) is 167 Å². The summed E-state index contributed by atoms with van der Waals surface area (Å²) in [5.74, 6) is -0.496. The van der Waals surface area contributed by atoms with Crippen LogP contribution in [0.3, 0.4) is 0 Å². The zero-order valence-corrected chi connectivity index (χ0v) is 46.3. The van der Waals surface area contributed by atoms with Crippen LogP contribution in [0.2, 0.25) is 0 Å². The van der Waals surface area contributed by atoms with Gasteiger partial charge in [-0.25, -0.2) is 0 Å². The average molecular weight is 974 g/mol. The van der Waals surface area contributed by atoms with Gasteiger partial charge in [-0.2, -0.15) is 0 Å². The summed E-state index contributed by atoms with van der Waals surface area (Å²) in [6, 6.07) is 0. The van der Waals surface area contributed by atoms with Gasteiger partial charge in [-0.05, 0) is 109 Å². The molecule has 0 aliphatic rings. The van der Waals surface area contributed by atoms with E-state index in [4.69, 9.17) is 14.2 Å². The van der Waals surface area contributed by atoms with Crippen molar-refractivity contribution in [2.75, 3.05) is 19.8 Å². The van der Waals surface area contributed by atoms with E-state index in [0.29, 0.717) is 25.9 Å². The van der Waals surface area contributed by atoms with Crippen molar-refractivity contribution in [1.82, 2.24) is 0 Å². The summed E-state index contributed by atoms with van der Waals surface area (Å²) in [5, 5.41) is 0. The number of hydrogen-bond acceptors (Lipinski definition) is 5.